The first-order chi connectivity index (χ1) is 13.5. The summed E-state index contributed by atoms with van der Waals surface area (Å²) in [6.07, 6.45) is -0.820. The summed E-state index contributed by atoms with van der Waals surface area (Å²) >= 11 is 3.34. The second-order valence-electron chi connectivity index (χ2n) is 7.11. The summed E-state index contributed by atoms with van der Waals surface area (Å²) in [5.41, 5.74) is -0.848. The number of hydrogen-bond donors (Lipinski definition) is 0. The zero-order valence-corrected chi connectivity index (χ0v) is 18.1. The number of nitro groups is 1. The van der Waals surface area contributed by atoms with E-state index >= 15 is 0 Å². The number of hydrogen-bond acceptors (Lipinski definition) is 6. The van der Waals surface area contributed by atoms with Gasteiger partial charge in [-0.2, -0.15) is 0 Å². The smallest absolute Gasteiger partial charge is 0.415 e. The Balaban J connectivity index is 2.66. The van der Waals surface area contributed by atoms with Crippen LogP contribution >= 0.6 is 15.9 Å². The Bertz CT molecular complexity index is 922. The SMILES string of the molecule is COC(=O)c1cccc([N+](=O)[O-])c1N(Cc1ccc(Br)cc1)C(=O)OC(C)(C)C. The highest BCUT2D eigenvalue weighted by Gasteiger charge is 2.33. The number of ether oxygens (including phenoxy) is 2. The lowest BCUT2D eigenvalue weighted by atomic mass is 10.1. The van der Waals surface area contributed by atoms with Crippen LogP contribution in [-0.4, -0.2) is 29.7 Å². The number of amides is 1. The zero-order valence-electron chi connectivity index (χ0n) is 16.5. The van der Waals surface area contributed by atoms with E-state index in [-0.39, 0.29) is 17.8 Å². The molecule has 0 saturated carbocycles. The van der Waals surface area contributed by atoms with Crippen LogP contribution in [0, 0.1) is 10.1 Å². The first-order valence-electron chi connectivity index (χ1n) is 8.64. The normalized spacial score (nSPS) is 10.9. The van der Waals surface area contributed by atoms with Crippen LogP contribution in [0.1, 0.15) is 36.7 Å². The van der Waals surface area contributed by atoms with Crippen molar-refractivity contribution in [1.82, 2.24) is 0 Å². The standard InChI is InChI=1S/C20H21BrN2O6/c1-20(2,3)29-19(25)22(12-13-8-10-14(21)11-9-13)17-15(18(24)28-4)6-5-7-16(17)23(26)27/h5-11H,12H2,1-4H3. The number of anilines is 1. The molecule has 0 saturated heterocycles. The molecule has 0 aliphatic carbocycles. The van der Waals surface area contributed by atoms with Gasteiger partial charge in [-0.05, 0) is 44.5 Å². The summed E-state index contributed by atoms with van der Waals surface area (Å²) < 4.78 is 11.1. The van der Waals surface area contributed by atoms with Gasteiger partial charge in [0.15, 0.2) is 0 Å². The molecule has 2 aromatic rings. The summed E-state index contributed by atoms with van der Waals surface area (Å²) in [5, 5.41) is 11.7. The maximum atomic E-state index is 13.0. The number of carbonyl (C=O) groups excluding carboxylic acids is 2. The fourth-order valence-corrected chi connectivity index (χ4v) is 2.83. The number of nitrogens with zero attached hydrogens (tertiary/aromatic N) is 2. The van der Waals surface area contributed by atoms with E-state index in [4.69, 9.17) is 9.47 Å². The molecule has 0 fully saturated rings. The topological polar surface area (TPSA) is 99.0 Å². The van der Waals surface area contributed by atoms with Crippen molar-refractivity contribution in [2.75, 3.05) is 12.0 Å². The van der Waals surface area contributed by atoms with E-state index in [0.717, 1.165) is 16.5 Å². The lowest BCUT2D eigenvalue weighted by molar-refractivity contribution is -0.384. The Labute approximate surface area is 176 Å². The number of nitro benzene ring substituents is 1. The Morgan fingerprint density at radius 2 is 1.76 bits per heavy atom. The monoisotopic (exact) mass is 464 g/mol. The third-order valence-corrected chi connectivity index (χ3v) is 4.28. The van der Waals surface area contributed by atoms with Gasteiger partial charge in [-0.15, -0.1) is 0 Å². The molecular weight excluding hydrogens is 444 g/mol. The van der Waals surface area contributed by atoms with E-state index in [2.05, 4.69) is 15.9 Å². The van der Waals surface area contributed by atoms with Gasteiger partial charge in [0.05, 0.1) is 24.1 Å². The molecule has 2 aromatic carbocycles. The molecule has 0 aliphatic rings. The van der Waals surface area contributed by atoms with Crippen LogP contribution in [0.2, 0.25) is 0 Å². The van der Waals surface area contributed by atoms with E-state index < -0.39 is 28.3 Å². The highest BCUT2D eigenvalue weighted by Crippen LogP contribution is 2.35. The van der Waals surface area contributed by atoms with E-state index in [1.54, 1.807) is 45.0 Å². The van der Waals surface area contributed by atoms with Crippen LogP contribution in [-0.2, 0) is 16.0 Å². The van der Waals surface area contributed by atoms with E-state index in [1.165, 1.54) is 18.2 Å². The molecule has 8 nitrogen and oxygen atoms in total. The van der Waals surface area contributed by atoms with Crippen LogP contribution < -0.4 is 4.90 Å². The van der Waals surface area contributed by atoms with Gasteiger partial charge in [0.25, 0.3) is 5.69 Å². The minimum atomic E-state index is -0.843. The number of para-hydroxylation sites is 1. The molecule has 0 bridgehead atoms. The fourth-order valence-electron chi connectivity index (χ4n) is 2.56. The number of methoxy groups -OCH3 is 1. The first kappa shape index (κ1) is 22.4. The van der Waals surface area contributed by atoms with Crippen LogP contribution in [0.4, 0.5) is 16.2 Å². The predicted molar refractivity (Wildman–Crippen MR) is 111 cm³/mol. The quantitative estimate of drug-likeness (QED) is 0.347. The minimum Gasteiger partial charge on any atom is -0.465 e. The molecule has 0 atom stereocenters. The third kappa shape index (κ3) is 5.77. The van der Waals surface area contributed by atoms with Gasteiger partial charge in [0.1, 0.15) is 11.3 Å². The largest absolute Gasteiger partial charge is 0.465 e. The Hall–Kier alpha value is -2.94. The van der Waals surface area contributed by atoms with Crippen LogP contribution in [0.5, 0.6) is 0 Å². The lowest BCUT2D eigenvalue weighted by Crippen LogP contribution is -2.37. The average molecular weight is 465 g/mol. The molecule has 0 radical (unpaired) electrons. The van der Waals surface area contributed by atoms with E-state index in [0.29, 0.717) is 5.56 Å². The summed E-state index contributed by atoms with van der Waals surface area (Å²) in [7, 11) is 1.16. The lowest BCUT2D eigenvalue weighted by Gasteiger charge is -2.28. The van der Waals surface area contributed by atoms with Crippen molar-refractivity contribution >= 4 is 39.4 Å². The fraction of sp³-hybridized carbons (Fsp3) is 0.300. The first-order valence-corrected chi connectivity index (χ1v) is 9.43. The summed E-state index contributed by atoms with van der Waals surface area (Å²) in [4.78, 5) is 37.4. The maximum Gasteiger partial charge on any atom is 0.415 e. The molecule has 0 aromatic heterocycles. The van der Waals surface area contributed by atoms with Gasteiger partial charge in [-0.1, -0.05) is 34.1 Å². The summed E-state index contributed by atoms with van der Waals surface area (Å²) in [6.45, 7) is 5.01. The predicted octanol–water partition coefficient (Wildman–Crippen LogP) is 5.09. The molecule has 154 valence electrons. The van der Waals surface area contributed by atoms with Crippen LogP contribution in [0.15, 0.2) is 46.9 Å². The number of benzene rings is 2. The van der Waals surface area contributed by atoms with Gasteiger partial charge in [-0.3, -0.25) is 15.0 Å². The molecule has 0 heterocycles. The molecule has 0 aliphatic heterocycles. The second-order valence-corrected chi connectivity index (χ2v) is 8.03. The van der Waals surface area contributed by atoms with Crippen molar-refractivity contribution in [3.63, 3.8) is 0 Å². The zero-order chi connectivity index (χ0) is 21.8. The average Bonchev–Trinajstić information content (AvgIpc) is 2.64. The molecule has 1 amide bonds. The number of rotatable bonds is 5. The molecule has 29 heavy (non-hydrogen) atoms. The van der Waals surface area contributed by atoms with Gasteiger partial charge >= 0.3 is 12.1 Å². The van der Waals surface area contributed by atoms with Crippen molar-refractivity contribution < 1.29 is 24.0 Å². The van der Waals surface area contributed by atoms with E-state index in [9.17, 15) is 19.7 Å². The number of carbonyl (C=O) groups is 2. The Kier molecular flexibility index (Phi) is 6.97. The minimum absolute atomic E-state index is 0.0446. The summed E-state index contributed by atoms with van der Waals surface area (Å²) in [6, 6.07) is 11.0. The molecule has 0 unspecified atom stereocenters. The highest BCUT2D eigenvalue weighted by molar-refractivity contribution is 9.10. The third-order valence-electron chi connectivity index (χ3n) is 3.75. The van der Waals surface area contributed by atoms with Crippen LogP contribution in [0.3, 0.4) is 0 Å². The van der Waals surface area contributed by atoms with Gasteiger partial charge in [-0.25, -0.2) is 9.59 Å². The van der Waals surface area contributed by atoms with Gasteiger partial charge in [0, 0.05) is 10.5 Å². The number of esters is 1. The molecule has 0 N–H and O–H groups in total. The van der Waals surface area contributed by atoms with E-state index in [1.807, 2.05) is 0 Å². The van der Waals surface area contributed by atoms with Crippen molar-refractivity contribution in [2.24, 2.45) is 0 Å². The molecule has 9 heteroatoms. The highest BCUT2D eigenvalue weighted by atomic mass is 79.9. The van der Waals surface area contributed by atoms with Crippen molar-refractivity contribution in [3.8, 4) is 0 Å². The van der Waals surface area contributed by atoms with Gasteiger partial charge in [0.2, 0.25) is 0 Å². The van der Waals surface area contributed by atoms with Gasteiger partial charge < -0.3 is 9.47 Å². The molecule has 0 spiro atoms. The summed E-state index contributed by atoms with van der Waals surface area (Å²) in [5.74, 6) is -0.798. The number of halogens is 1. The Morgan fingerprint density at radius 3 is 2.28 bits per heavy atom. The van der Waals surface area contributed by atoms with Crippen molar-refractivity contribution in [3.05, 3.63) is 68.2 Å². The van der Waals surface area contributed by atoms with Crippen molar-refractivity contribution in [2.45, 2.75) is 32.9 Å². The van der Waals surface area contributed by atoms with Crippen LogP contribution in [0.25, 0.3) is 0 Å². The molecule has 2 rings (SSSR count). The maximum absolute atomic E-state index is 13.0. The Morgan fingerprint density at radius 1 is 1.14 bits per heavy atom. The molecular formula is C20H21BrN2O6. The second kappa shape index (κ2) is 9.04. The van der Waals surface area contributed by atoms with Crippen molar-refractivity contribution in [1.29, 1.82) is 0 Å².